The number of benzene rings is 1. The van der Waals surface area contributed by atoms with Crippen LogP contribution in [0.3, 0.4) is 0 Å². The van der Waals surface area contributed by atoms with Crippen molar-refractivity contribution in [3.8, 4) is 0 Å². The molecule has 0 spiro atoms. The maximum Gasteiger partial charge on any atom is 0.154 e. The van der Waals surface area contributed by atoms with Crippen LogP contribution in [0.5, 0.6) is 0 Å². The largest absolute Gasteiger partial charge is 0.234 e. The Morgan fingerprint density at radius 3 is 2.53 bits per heavy atom. The van der Waals surface area contributed by atoms with Crippen molar-refractivity contribution in [1.29, 1.82) is 0 Å². The summed E-state index contributed by atoms with van der Waals surface area (Å²) in [6, 6.07) is 10.4. The Balaban J connectivity index is 2.12. The molecule has 1 heterocycles. The molecule has 78 valence electrons. The lowest BCUT2D eigenvalue weighted by molar-refractivity contribution is 0.822. The molecule has 15 heavy (non-hydrogen) atoms. The number of rotatable bonds is 3. The van der Waals surface area contributed by atoms with Crippen LogP contribution >= 0.6 is 23.1 Å². The second-order valence-corrected chi connectivity index (χ2v) is 5.79. The Morgan fingerprint density at radius 1 is 1.20 bits per heavy atom. The minimum absolute atomic E-state index is 0.520. The first kappa shape index (κ1) is 10.7. The first-order valence-electron chi connectivity index (χ1n) is 4.94. The molecular weight excluding hydrogens is 222 g/mol. The maximum atomic E-state index is 4.59. The van der Waals surface area contributed by atoms with Crippen molar-refractivity contribution in [3.63, 3.8) is 0 Å². The van der Waals surface area contributed by atoms with E-state index in [1.54, 1.807) is 23.1 Å². The van der Waals surface area contributed by atoms with E-state index in [-0.39, 0.29) is 0 Å². The predicted octanol–water partition coefficient (Wildman–Crippen LogP) is 4.42. The molecule has 2 aromatic rings. The Hall–Kier alpha value is -0.800. The van der Waals surface area contributed by atoms with Crippen LogP contribution in [0.1, 0.15) is 25.5 Å². The van der Waals surface area contributed by atoms with E-state index in [4.69, 9.17) is 0 Å². The van der Waals surface area contributed by atoms with Gasteiger partial charge in [-0.15, -0.1) is 11.3 Å². The summed E-state index contributed by atoms with van der Waals surface area (Å²) in [5.74, 6) is 0.520. The zero-order valence-electron chi connectivity index (χ0n) is 8.81. The maximum absolute atomic E-state index is 4.59. The van der Waals surface area contributed by atoms with Crippen LogP contribution in [-0.2, 0) is 0 Å². The van der Waals surface area contributed by atoms with Crippen LogP contribution in [0, 0.1) is 0 Å². The first-order valence-corrected chi connectivity index (χ1v) is 6.63. The minimum Gasteiger partial charge on any atom is -0.234 e. The van der Waals surface area contributed by atoms with Crippen molar-refractivity contribution < 1.29 is 0 Å². The topological polar surface area (TPSA) is 12.9 Å². The van der Waals surface area contributed by atoms with Crippen molar-refractivity contribution >= 4 is 23.1 Å². The van der Waals surface area contributed by atoms with E-state index >= 15 is 0 Å². The molecule has 1 nitrogen and oxygen atoms in total. The molecule has 3 heteroatoms. The highest BCUT2D eigenvalue weighted by atomic mass is 32.2. The quantitative estimate of drug-likeness (QED) is 0.781. The number of thiazole rings is 1. The molecule has 0 N–H and O–H groups in total. The van der Waals surface area contributed by atoms with Gasteiger partial charge < -0.3 is 0 Å². The van der Waals surface area contributed by atoms with E-state index in [0.717, 1.165) is 4.34 Å². The zero-order valence-corrected chi connectivity index (χ0v) is 10.4. The molecule has 2 rings (SSSR count). The molecule has 0 fully saturated rings. The lowest BCUT2D eigenvalue weighted by Gasteiger charge is -1.98. The van der Waals surface area contributed by atoms with Gasteiger partial charge in [-0.1, -0.05) is 43.8 Å². The average molecular weight is 235 g/mol. The number of aromatic nitrogens is 1. The van der Waals surface area contributed by atoms with E-state index in [9.17, 15) is 0 Å². The molecule has 0 saturated heterocycles. The molecule has 1 aromatic carbocycles. The smallest absolute Gasteiger partial charge is 0.154 e. The average Bonchev–Trinajstić information content (AvgIpc) is 2.68. The molecule has 0 aliphatic carbocycles. The molecule has 0 radical (unpaired) electrons. The summed E-state index contributed by atoms with van der Waals surface area (Å²) in [5, 5.41) is 2.15. The Kier molecular flexibility index (Phi) is 3.44. The summed E-state index contributed by atoms with van der Waals surface area (Å²) in [5.41, 5.74) is 1.19. The summed E-state index contributed by atoms with van der Waals surface area (Å²) in [4.78, 5) is 5.84. The molecule has 0 saturated carbocycles. The van der Waals surface area contributed by atoms with Crippen molar-refractivity contribution in [2.45, 2.75) is 29.0 Å². The summed E-state index contributed by atoms with van der Waals surface area (Å²) < 4.78 is 1.13. The molecule has 0 aliphatic heterocycles. The molecule has 0 unspecified atom stereocenters. The Bertz CT molecular complexity index is 420. The van der Waals surface area contributed by atoms with Crippen LogP contribution in [0.25, 0.3) is 0 Å². The lowest BCUT2D eigenvalue weighted by atomic mass is 10.2. The third kappa shape index (κ3) is 2.83. The van der Waals surface area contributed by atoms with E-state index in [2.05, 4.69) is 48.5 Å². The zero-order chi connectivity index (χ0) is 10.7. The van der Waals surface area contributed by atoms with Crippen LogP contribution in [0.15, 0.2) is 44.9 Å². The monoisotopic (exact) mass is 235 g/mol. The summed E-state index contributed by atoms with van der Waals surface area (Å²) in [7, 11) is 0. The van der Waals surface area contributed by atoms with Gasteiger partial charge in [-0.05, 0) is 18.1 Å². The van der Waals surface area contributed by atoms with Crippen molar-refractivity contribution in [2.75, 3.05) is 0 Å². The summed E-state index contributed by atoms with van der Waals surface area (Å²) in [6.07, 6.45) is 0. The van der Waals surface area contributed by atoms with Gasteiger partial charge in [0.1, 0.15) is 0 Å². The van der Waals surface area contributed by atoms with Gasteiger partial charge in [0.25, 0.3) is 0 Å². The van der Waals surface area contributed by atoms with E-state index < -0.39 is 0 Å². The SMILES string of the molecule is CC(C)c1csc(Sc2ccccc2)n1. The van der Waals surface area contributed by atoms with Crippen molar-refractivity contribution in [3.05, 3.63) is 41.4 Å². The Morgan fingerprint density at radius 2 is 1.93 bits per heavy atom. The fraction of sp³-hybridized carbons (Fsp3) is 0.250. The number of hydrogen-bond donors (Lipinski definition) is 0. The fourth-order valence-electron chi connectivity index (χ4n) is 1.17. The number of hydrogen-bond acceptors (Lipinski definition) is 3. The predicted molar refractivity (Wildman–Crippen MR) is 66.8 cm³/mol. The molecular formula is C12H13NS2. The molecule has 0 bridgehead atoms. The van der Waals surface area contributed by atoms with Crippen LogP contribution < -0.4 is 0 Å². The highest BCUT2D eigenvalue weighted by Gasteiger charge is 2.06. The van der Waals surface area contributed by atoms with Gasteiger partial charge in [-0.2, -0.15) is 0 Å². The fourth-order valence-corrected chi connectivity index (χ4v) is 3.15. The number of nitrogens with zero attached hydrogens (tertiary/aromatic N) is 1. The second-order valence-electron chi connectivity index (χ2n) is 3.61. The third-order valence-electron chi connectivity index (χ3n) is 2.04. The summed E-state index contributed by atoms with van der Waals surface area (Å²) >= 11 is 3.46. The lowest BCUT2D eigenvalue weighted by Crippen LogP contribution is -1.85. The molecule has 0 aliphatic rings. The third-order valence-corrected chi connectivity index (χ3v) is 4.01. The van der Waals surface area contributed by atoms with Gasteiger partial charge in [-0.3, -0.25) is 0 Å². The van der Waals surface area contributed by atoms with Crippen LogP contribution in [0.2, 0.25) is 0 Å². The van der Waals surface area contributed by atoms with Crippen LogP contribution in [0.4, 0.5) is 0 Å². The van der Waals surface area contributed by atoms with Gasteiger partial charge >= 0.3 is 0 Å². The normalized spacial score (nSPS) is 10.9. The van der Waals surface area contributed by atoms with Crippen molar-refractivity contribution in [1.82, 2.24) is 4.98 Å². The van der Waals surface area contributed by atoms with E-state index in [0.29, 0.717) is 5.92 Å². The highest BCUT2D eigenvalue weighted by molar-refractivity contribution is 8.01. The van der Waals surface area contributed by atoms with Gasteiger partial charge in [0.2, 0.25) is 0 Å². The standard InChI is InChI=1S/C12H13NS2/c1-9(2)11-8-14-12(13-11)15-10-6-4-3-5-7-10/h3-9H,1-2H3. The van der Waals surface area contributed by atoms with E-state index in [1.807, 2.05) is 6.07 Å². The molecule has 0 atom stereocenters. The second kappa shape index (κ2) is 4.81. The first-order chi connectivity index (χ1) is 7.25. The van der Waals surface area contributed by atoms with Gasteiger partial charge in [0.05, 0.1) is 5.69 Å². The summed E-state index contributed by atoms with van der Waals surface area (Å²) in [6.45, 7) is 4.35. The van der Waals surface area contributed by atoms with Crippen LogP contribution in [-0.4, -0.2) is 4.98 Å². The molecule has 1 aromatic heterocycles. The van der Waals surface area contributed by atoms with Gasteiger partial charge in [-0.25, -0.2) is 4.98 Å². The van der Waals surface area contributed by atoms with Gasteiger partial charge in [0.15, 0.2) is 4.34 Å². The Labute approximate surface area is 98.6 Å². The van der Waals surface area contributed by atoms with Gasteiger partial charge in [0, 0.05) is 10.3 Å². The minimum atomic E-state index is 0.520. The highest BCUT2D eigenvalue weighted by Crippen LogP contribution is 2.31. The molecule has 0 amide bonds. The van der Waals surface area contributed by atoms with E-state index in [1.165, 1.54) is 10.6 Å². The van der Waals surface area contributed by atoms with Crippen molar-refractivity contribution in [2.24, 2.45) is 0 Å².